The molecule has 1 fully saturated rings. The number of carbonyl (C=O) groups is 3. The molecular weight excluding hydrogens is 521 g/mol. The zero-order chi connectivity index (χ0) is 27.1. The number of amides is 3. The van der Waals surface area contributed by atoms with Crippen LogP contribution in [0, 0.1) is 0 Å². The van der Waals surface area contributed by atoms with Gasteiger partial charge in [0.1, 0.15) is 17.9 Å². The van der Waals surface area contributed by atoms with Crippen molar-refractivity contribution < 1.29 is 24.3 Å². The lowest BCUT2D eigenvalue weighted by Crippen LogP contribution is -2.46. The average Bonchev–Trinajstić information content (AvgIpc) is 3.20. The molecule has 1 aliphatic rings. The van der Waals surface area contributed by atoms with Crippen LogP contribution in [0.15, 0.2) is 24.4 Å². The van der Waals surface area contributed by atoms with E-state index in [4.69, 9.17) is 27.9 Å². The summed E-state index contributed by atoms with van der Waals surface area (Å²) in [5.41, 5.74) is 2.42. The zero-order valence-electron chi connectivity index (χ0n) is 21.2. The molecule has 1 aromatic heterocycles. The number of nitrogens with zero attached hydrogens (tertiary/aromatic N) is 3. The molecule has 1 aromatic carbocycles. The molecule has 0 atom stereocenters. The largest absolute Gasteiger partial charge is 0.486 e. The van der Waals surface area contributed by atoms with Gasteiger partial charge in [0.2, 0.25) is 5.91 Å². The van der Waals surface area contributed by atoms with Gasteiger partial charge in [0.25, 0.3) is 11.8 Å². The first kappa shape index (κ1) is 28.8. The number of hydroxylamine groups is 1. The number of rotatable bonds is 10. The van der Waals surface area contributed by atoms with E-state index in [9.17, 15) is 19.6 Å². The van der Waals surface area contributed by atoms with E-state index in [-0.39, 0.29) is 35.6 Å². The summed E-state index contributed by atoms with van der Waals surface area (Å²) in [5.74, 6) is -1.06. The first-order valence-electron chi connectivity index (χ1n) is 12.0. The van der Waals surface area contributed by atoms with Gasteiger partial charge >= 0.3 is 0 Å². The summed E-state index contributed by atoms with van der Waals surface area (Å²) < 4.78 is 7.37. The Hall–Kier alpha value is -2.79. The van der Waals surface area contributed by atoms with E-state index >= 15 is 0 Å². The highest BCUT2D eigenvalue weighted by atomic mass is 35.5. The highest BCUT2D eigenvalue weighted by molar-refractivity contribution is 6.42. The van der Waals surface area contributed by atoms with Gasteiger partial charge in [0.05, 0.1) is 10.0 Å². The molecule has 202 valence electrons. The van der Waals surface area contributed by atoms with Crippen molar-refractivity contribution in [3.63, 3.8) is 0 Å². The second-order valence-electron chi connectivity index (χ2n) is 9.34. The van der Waals surface area contributed by atoms with Crippen LogP contribution in [0.1, 0.15) is 52.1 Å². The Morgan fingerprint density at radius 3 is 2.46 bits per heavy atom. The molecule has 1 aliphatic heterocycles. The number of aryl methyl sites for hydroxylation is 1. The lowest BCUT2D eigenvalue weighted by atomic mass is 10.0. The molecule has 0 unspecified atom stereocenters. The smallest absolute Gasteiger partial charge is 0.279 e. The molecule has 3 rings (SSSR count). The third-order valence-electron chi connectivity index (χ3n) is 6.24. The van der Waals surface area contributed by atoms with Crippen LogP contribution in [0.25, 0.3) is 0 Å². The Kier molecular flexibility index (Phi) is 10.2. The van der Waals surface area contributed by atoms with Crippen molar-refractivity contribution >= 4 is 40.9 Å². The predicted molar refractivity (Wildman–Crippen MR) is 140 cm³/mol. The number of hydrogen-bond acceptors (Lipinski definition) is 6. The molecule has 2 aromatic rings. The predicted octanol–water partition coefficient (Wildman–Crippen LogP) is 3.09. The van der Waals surface area contributed by atoms with Crippen LogP contribution in [0.3, 0.4) is 0 Å². The van der Waals surface area contributed by atoms with Gasteiger partial charge in [0, 0.05) is 38.8 Å². The fourth-order valence-corrected chi connectivity index (χ4v) is 4.57. The van der Waals surface area contributed by atoms with Crippen molar-refractivity contribution in [2.24, 2.45) is 7.05 Å². The SMILES string of the molecule is CN(C)CCCC(=O)N1CCC(NC(=O)c2c(OCc3ccc(Cl)c(Cl)c3)c(C(=O)NO)cn2C)CC1. The summed E-state index contributed by atoms with van der Waals surface area (Å²) in [5, 5.41) is 12.9. The molecule has 0 spiro atoms. The second kappa shape index (κ2) is 13.1. The minimum absolute atomic E-state index is 0.00773. The van der Waals surface area contributed by atoms with Gasteiger partial charge in [-0.3, -0.25) is 19.6 Å². The third kappa shape index (κ3) is 7.61. The van der Waals surface area contributed by atoms with Gasteiger partial charge in [-0.1, -0.05) is 29.3 Å². The summed E-state index contributed by atoms with van der Waals surface area (Å²) in [6.45, 7) is 2.01. The summed E-state index contributed by atoms with van der Waals surface area (Å²) in [4.78, 5) is 41.9. The van der Waals surface area contributed by atoms with Gasteiger partial charge in [-0.05, 0) is 57.6 Å². The van der Waals surface area contributed by atoms with E-state index in [1.54, 1.807) is 30.7 Å². The quantitative estimate of drug-likeness (QED) is 0.307. The van der Waals surface area contributed by atoms with Crippen LogP contribution in [0.2, 0.25) is 10.0 Å². The van der Waals surface area contributed by atoms with Gasteiger partial charge in [-0.2, -0.15) is 0 Å². The Morgan fingerprint density at radius 2 is 1.84 bits per heavy atom. The summed E-state index contributed by atoms with van der Waals surface area (Å²) in [6, 6.07) is 4.85. The van der Waals surface area contributed by atoms with Gasteiger partial charge in [-0.15, -0.1) is 0 Å². The number of nitrogens with one attached hydrogen (secondary N) is 2. The maximum absolute atomic E-state index is 13.3. The van der Waals surface area contributed by atoms with Crippen LogP contribution in [0.4, 0.5) is 0 Å². The topological polar surface area (TPSA) is 116 Å². The lowest BCUT2D eigenvalue weighted by molar-refractivity contribution is -0.132. The first-order chi connectivity index (χ1) is 17.6. The third-order valence-corrected chi connectivity index (χ3v) is 6.98. The van der Waals surface area contributed by atoms with Crippen LogP contribution >= 0.6 is 23.2 Å². The summed E-state index contributed by atoms with van der Waals surface area (Å²) in [7, 11) is 5.58. The lowest BCUT2D eigenvalue weighted by Gasteiger charge is -2.32. The van der Waals surface area contributed by atoms with Crippen molar-refractivity contribution in [3.05, 3.63) is 51.3 Å². The minimum atomic E-state index is -0.806. The Balaban J connectivity index is 1.67. The van der Waals surface area contributed by atoms with E-state index < -0.39 is 11.8 Å². The average molecular weight is 554 g/mol. The van der Waals surface area contributed by atoms with Gasteiger partial charge < -0.3 is 24.4 Å². The maximum atomic E-state index is 13.3. The molecule has 1 saturated heterocycles. The molecule has 37 heavy (non-hydrogen) atoms. The second-order valence-corrected chi connectivity index (χ2v) is 10.2. The van der Waals surface area contributed by atoms with Gasteiger partial charge in [-0.25, -0.2) is 5.48 Å². The van der Waals surface area contributed by atoms with Crippen LogP contribution in [-0.4, -0.2) is 77.1 Å². The molecule has 2 heterocycles. The fraction of sp³-hybridized carbons (Fsp3) is 0.480. The summed E-state index contributed by atoms with van der Waals surface area (Å²) >= 11 is 12.1. The first-order valence-corrected chi connectivity index (χ1v) is 12.8. The Labute approximate surface area is 226 Å². The molecule has 3 N–H and O–H groups in total. The van der Waals surface area contributed by atoms with Gasteiger partial charge in [0.15, 0.2) is 5.75 Å². The number of halogens is 2. The van der Waals surface area contributed by atoms with Crippen molar-refractivity contribution in [1.29, 1.82) is 0 Å². The molecule has 10 nitrogen and oxygen atoms in total. The number of hydrogen-bond donors (Lipinski definition) is 3. The van der Waals surface area contributed by atoms with Crippen molar-refractivity contribution in [3.8, 4) is 5.75 Å². The van der Waals surface area contributed by atoms with Crippen molar-refractivity contribution in [2.45, 2.75) is 38.3 Å². The number of aromatic nitrogens is 1. The highest BCUT2D eigenvalue weighted by Gasteiger charge is 2.29. The number of carbonyl (C=O) groups excluding carboxylic acids is 3. The highest BCUT2D eigenvalue weighted by Crippen LogP contribution is 2.29. The monoisotopic (exact) mass is 553 g/mol. The molecule has 12 heteroatoms. The van der Waals surface area contributed by atoms with E-state index in [0.717, 1.165) is 13.0 Å². The standard InChI is InChI=1S/C25H33Cl2N5O5/c1-30(2)10-4-5-21(33)32-11-8-17(9-12-32)28-25(35)22-23(18(14-31(22)3)24(34)29-36)37-15-16-6-7-19(26)20(27)13-16/h6-7,13-14,17,36H,4-5,8-12,15H2,1-3H3,(H,28,35)(H,29,34). The van der Waals surface area contributed by atoms with E-state index in [2.05, 4.69) is 10.2 Å². The van der Waals surface area contributed by atoms with Crippen molar-refractivity contribution in [2.75, 3.05) is 33.7 Å². The fourth-order valence-electron chi connectivity index (χ4n) is 4.25. The minimum Gasteiger partial charge on any atom is -0.486 e. The van der Waals surface area contributed by atoms with E-state index in [0.29, 0.717) is 48.0 Å². The van der Waals surface area contributed by atoms with Crippen LogP contribution in [0.5, 0.6) is 5.75 Å². The molecule has 0 aliphatic carbocycles. The van der Waals surface area contributed by atoms with Crippen LogP contribution < -0.4 is 15.5 Å². The maximum Gasteiger partial charge on any atom is 0.279 e. The number of likely N-dealkylation sites (tertiary alicyclic amines) is 1. The zero-order valence-corrected chi connectivity index (χ0v) is 22.7. The van der Waals surface area contributed by atoms with E-state index in [1.165, 1.54) is 10.8 Å². The number of ether oxygens (including phenoxy) is 1. The number of benzene rings is 1. The molecular formula is C25H33Cl2N5O5. The van der Waals surface area contributed by atoms with E-state index in [1.807, 2.05) is 19.0 Å². The molecule has 0 radical (unpaired) electrons. The number of piperidine rings is 1. The summed E-state index contributed by atoms with van der Waals surface area (Å²) in [6.07, 6.45) is 3.98. The van der Waals surface area contributed by atoms with Crippen molar-refractivity contribution in [1.82, 2.24) is 25.2 Å². The molecule has 0 saturated carbocycles. The molecule has 0 bridgehead atoms. The molecule has 3 amide bonds. The Morgan fingerprint density at radius 1 is 1.14 bits per heavy atom. The van der Waals surface area contributed by atoms with Crippen LogP contribution in [-0.2, 0) is 18.4 Å². The normalized spacial score (nSPS) is 14.1. The Bertz CT molecular complexity index is 1130.